The zero-order valence-electron chi connectivity index (χ0n) is 13.7. The van der Waals surface area contributed by atoms with Crippen LogP contribution in [0.2, 0.25) is 0 Å². The SMILES string of the molecule is COC(=O)c1ncsc1S(=O)(=O)NC(=O)Nc1nc(OC)cc(OC)n1. The van der Waals surface area contributed by atoms with Crippen LogP contribution in [0.15, 0.2) is 15.8 Å². The van der Waals surface area contributed by atoms with Crippen molar-refractivity contribution in [3.63, 3.8) is 0 Å². The number of sulfonamides is 1. The number of hydrogen-bond donors (Lipinski definition) is 2. The summed E-state index contributed by atoms with van der Waals surface area (Å²) in [6.45, 7) is 0. The van der Waals surface area contributed by atoms with E-state index < -0.39 is 31.9 Å². The fraction of sp³-hybridized carbons (Fsp3) is 0.250. The summed E-state index contributed by atoms with van der Waals surface area (Å²) in [5, 5.41) is 2.13. The smallest absolute Gasteiger partial charge is 0.358 e. The molecule has 0 aliphatic carbocycles. The molecule has 0 unspecified atom stereocenters. The highest BCUT2D eigenvalue weighted by Gasteiger charge is 2.28. The second kappa shape index (κ2) is 7.92. The van der Waals surface area contributed by atoms with Crippen molar-refractivity contribution < 1.29 is 32.2 Å². The molecule has 0 aliphatic rings. The maximum absolute atomic E-state index is 12.3. The Kier molecular flexibility index (Phi) is 5.89. The van der Waals surface area contributed by atoms with E-state index in [2.05, 4.69) is 25.0 Å². The highest BCUT2D eigenvalue weighted by Crippen LogP contribution is 2.21. The van der Waals surface area contributed by atoms with Gasteiger partial charge in [0.05, 0.1) is 32.9 Å². The molecule has 2 N–H and O–H groups in total. The number of urea groups is 1. The molecule has 140 valence electrons. The quantitative estimate of drug-likeness (QED) is 0.640. The molecule has 0 radical (unpaired) electrons. The summed E-state index contributed by atoms with van der Waals surface area (Å²) in [6, 6.07) is 0.198. The number of nitrogens with one attached hydrogen (secondary N) is 2. The standard InChI is InChI=1S/C12H13N5O7S2/c1-22-6-4-7(23-2)15-11(14-6)16-12(19)17-26(20,21)10-8(9(18)24-3)13-5-25-10/h4-5H,1-3H3,(H2,14,15,16,17,19). The van der Waals surface area contributed by atoms with Gasteiger partial charge in [-0.05, 0) is 0 Å². The molecule has 0 saturated carbocycles. The van der Waals surface area contributed by atoms with Gasteiger partial charge in [-0.15, -0.1) is 11.3 Å². The van der Waals surface area contributed by atoms with Gasteiger partial charge < -0.3 is 14.2 Å². The summed E-state index contributed by atoms with van der Waals surface area (Å²) in [7, 11) is -0.620. The molecule has 2 aromatic heterocycles. The molecule has 12 nitrogen and oxygen atoms in total. The molecule has 2 aromatic rings. The Morgan fingerprint density at radius 1 is 1.12 bits per heavy atom. The van der Waals surface area contributed by atoms with E-state index in [1.54, 1.807) is 4.72 Å². The van der Waals surface area contributed by atoms with Gasteiger partial charge in [-0.3, -0.25) is 5.32 Å². The first kappa shape index (κ1) is 19.3. The number of carbonyl (C=O) groups is 2. The van der Waals surface area contributed by atoms with Crippen LogP contribution in [-0.2, 0) is 14.8 Å². The third kappa shape index (κ3) is 4.34. The van der Waals surface area contributed by atoms with Crippen molar-refractivity contribution in [3.05, 3.63) is 17.3 Å². The number of thiazole rings is 1. The number of amides is 2. The lowest BCUT2D eigenvalue weighted by Gasteiger charge is -2.09. The lowest BCUT2D eigenvalue weighted by atomic mass is 10.5. The van der Waals surface area contributed by atoms with Crippen molar-refractivity contribution in [2.45, 2.75) is 4.21 Å². The normalized spacial score (nSPS) is 10.7. The maximum Gasteiger partial charge on any atom is 0.358 e. The third-order valence-electron chi connectivity index (χ3n) is 2.71. The Hall–Kier alpha value is -3.00. The summed E-state index contributed by atoms with van der Waals surface area (Å²) in [5.74, 6) is -1.03. The first-order valence-electron chi connectivity index (χ1n) is 6.63. The monoisotopic (exact) mass is 403 g/mol. The third-order valence-corrected chi connectivity index (χ3v) is 5.41. The molecule has 0 fully saturated rings. The number of esters is 1. The van der Waals surface area contributed by atoms with Gasteiger partial charge >= 0.3 is 12.0 Å². The van der Waals surface area contributed by atoms with Gasteiger partial charge in [0, 0.05) is 0 Å². The Bertz CT molecular complexity index is 906. The minimum Gasteiger partial charge on any atom is -0.481 e. The van der Waals surface area contributed by atoms with E-state index in [0.29, 0.717) is 11.3 Å². The van der Waals surface area contributed by atoms with Gasteiger partial charge in [-0.1, -0.05) is 0 Å². The molecular formula is C12H13N5O7S2. The first-order chi connectivity index (χ1) is 12.3. The molecular weight excluding hydrogens is 390 g/mol. The van der Waals surface area contributed by atoms with E-state index in [-0.39, 0.29) is 17.7 Å². The summed E-state index contributed by atoms with van der Waals surface area (Å²) >= 11 is 0.647. The van der Waals surface area contributed by atoms with Gasteiger partial charge in [-0.2, -0.15) is 9.97 Å². The number of rotatable bonds is 6. The number of anilines is 1. The highest BCUT2D eigenvalue weighted by molar-refractivity contribution is 7.92. The molecule has 26 heavy (non-hydrogen) atoms. The van der Waals surface area contributed by atoms with Gasteiger partial charge in [0.2, 0.25) is 17.7 Å². The molecule has 2 rings (SSSR count). The van der Waals surface area contributed by atoms with Crippen LogP contribution in [0.5, 0.6) is 11.8 Å². The first-order valence-corrected chi connectivity index (χ1v) is 8.99. The number of carbonyl (C=O) groups excluding carboxylic acids is 2. The number of ether oxygens (including phenoxy) is 3. The van der Waals surface area contributed by atoms with E-state index in [4.69, 9.17) is 9.47 Å². The van der Waals surface area contributed by atoms with E-state index in [1.807, 2.05) is 0 Å². The van der Waals surface area contributed by atoms with Crippen molar-refractivity contribution in [2.24, 2.45) is 0 Å². The molecule has 0 aliphatic heterocycles. The predicted octanol–water partition coefficient (Wildman–Crippen LogP) is 0.247. The molecule has 2 amide bonds. The van der Waals surface area contributed by atoms with Gasteiger partial charge in [0.15, 0.2) is 9.90 Å². The average Bonchev–Trinajstić information content (AvgIpc) is 3.10. The van der Waals surface area contributed by atoms with Gasteiger partial charge in [-0.25, -0.2) is 27.7 Å². The molecule has 0 saturated heterocycles. The van der Waals surface area contributed by atoms with Crippen LogP contribution in [0.25, 0.3) is 0 Å². The fourth-order valence-corrected chi connectivity index (χ4v) is 3.66. The van der Waals surface area contributed by atoms with Crippen molar-refractivity contribution >= 4 is 39.3 Å². The molecule has 14 heteroatoms. The van der Waals surface area contributed by atoms with E-state index in [0.717, 1.165) is 12.6 Å². The topological polar surface area (TPSA) is 159 Å². The largest absolute Gasteiger partial charge is 0.481 e. The van der Waals surface area contributed by atoms with Gasteiger partial charge in [0.1, 0.15) is 0 Å². The van der Waals surface area contributed by atoms with Crippen LogP contribution >= 0.6 is 11.3 Å². The molecule has 0 spiro atoms. The Balaban J connectivity index is 2.20. The number of aromatic nitrogens is 3. The van der Waals surface area contributed by atoms with E-state index >= 15 is 0 Å². The molecule has 2 heterocycles. The maximum atomic E-state index is 12.3. The zero-order valence-corrected chi connectivity index (χ0v) is 15.3. The average molecular weight is 403 g/mol. The number of nitrogens with zero attached hydrogens (tertiary/aromatic N) is 3. The minimum absolute atomic E-state index is 0.0884. The van der Waals surface area contributed by atoms with E-state index in [9.17, 15) is 18.0 Å². The number of hydrogen-bond acceptors (Lipinski definition) is 11. The molecule has 0 bridgehead atoms. The van der Waals surface area contributed by atoms with Crippen LogP contribution < -0.4 is 19.5 Å². The summed E-state index contributed by atoms with van der Waals surface area (Å²) in [4.78, 5) is 34.8. The fourth-order valence-electron chi connectivity index (χ4n) is 1.62. The molecule has 0 atom stereocenters. The second-order valence-electron chi connectivity index (χ2n) is 4.32. The Morgan fingerprint density at radius 2 is 1.73 bits per heavy atom. The second-order valence-corrected chi connectivity index (χ2v) is 7.05. The van der Waals surface area contributed by atoms with E-state index in [1.165, 1.54) is 20.3 Å². The minimum atomic E-state index is -4.38. The summed E-state index contributed by atoms with van der Waals surface area (Å²) in [5.41, 5.74) is 0.700. The van der Waals surface area contributed by atoms with Crippen LogP contribution in [-0.4, -0.2) is 56.7 Å². The lowest BCUT2D eigenvalue weighted by molar-refractivity contribution is 0.0590. The van der Waals surface area contributed by atoms with Crippen LogP contribution in [0.1, 0.15) is 10.5 Å². The summed E-state index contributed by atoms with van der Waals surface area (Å²) < 4.78 is 40.1. The van der Waals surface area contributed by atoms with Crippen LogP contribution in [0.4, 0.5) is 10.7 Å². The highest BCUT2D eigenvalue weighted by atomic mass is 32.2. The van der Waals surface area contributed by atoms with Crippen molar-refractivity contribution in [1.82, 2.24) is 19.7 Å². The Labute approximate surface area is 151 Å². The van der Waals surface area contributed by atoms with Gasteiger partial charge in [0.25, 0.3) is 10.0 Å². The molecule has 0 aromatic carbocycles. The van der Waals surface area contributed by atoms with Crippen molar-refractivity contribution in [2.75, 3.05) is 26.6 Å². The summed E-state index contributed by atoms with van der Waals surface area (Å²) in [6.07, 6.45) is 0. The number of methoxy groups -OCH3 is 3. The van der Waals surface area contributed by atoms with Crippen molar-refractivity contribution in [3.8, 4) is 11.8 Å². The predicted molar refractivity (Wildman–Crippen MR) is 87.9 cm³/mol. The van der Waals surface area contributed by atoms with Crippen molar-refractivity contribution in [1.29, 1.82) is 0 Å². The van der Waals surface area contributed by atoms with Crippen LogP contribution in [0.3, 0.4) is 0 Å². The zero-order chi connectivity index (χ0) is 19.3. The Morgan fingerprint density at radius 3 is 2.27 bits per heavy atom. The lowest BCUT2D eigenvalue weighted by Crippen LogP contribution is -2.35. The van der Waals surface area contributed by atoms with Crippen LogP contribution in [0, 0.1) is 0 Å².